The Morgan fingerprint density at radius 1 is 1.00 bits per heavy atom. The van der Waals surface area contributed by atoms with Gasteiger partial charge < -0.3 is 19.7 Å². The van der Waals surface area contributed by atoms with E-state index < -0.39 is 28.5 Å². The van der Waals surface area contributed by atoms with Crippen molar-refractivity contribution < 1.29 is 27.5 Å². The fraction of sp³-hybridized carbons (Fsp3) is 0.481. The third kappa shape index (κ3) is 7.38. The molecule has 0 aliphatic carbocycles. The van der Waals surface area contributed by atoms with Gasteiger partial charge in [0, 0.05) is 18.7 Å². The van der Waals surface area contributed by atoms with Gasteiger partial charge in [0.25, 0.3) is 0 Å². The van der Waals surface area contributed by atoms with E-state index in [2.05, 4.69) is 5.32 Å². The van der Waals surface area contributed by atoms with Gasteiger partial charge in [-0.05, 0) is 44.4 Å². The van der Waals surface area contributed by atoms with Gasteiger partial charge in [0.15, 0.2) is 11.5 Å². The van der Waals surface area contributed by atoms with Crippen molar-refractivity contribution in [3.05, 3.63) is 53.6 Å². The number of ether oxygens (including phenoxy) is 2. The molecule has 202 valence electrons. The molecule has 37 heavy (non-hydrogen) atoms. The van der Waals surface area contributed by atoms with Gasteiger partial charge in [0.05, 0.1) is 11.9 Å². The van der Waals surface area contributed by atoms with Gasteiger partial charge >= 0.3 is 0 Å². The molecule has 2 aromatic rings. The van der Waals surface area contributed by atoms with E-state index in [0.29, 0.717) is 31.1 Å². The normalized spacial score (nSPS) is 14.4. The van der Waals surface area contributed by atoms with Crippen molar-refractivity contribution in [2.24, 2.45) is 0 Å². The van der Waals surface area contributed by atoms with E-state index in [1.165, 1.54) is 4.90 Å². The Labute approximate surface area is 219 Å². The second-order valence-electron chi connectivity index (χ2n) is 9.35. The molecule has 0 saturated heterocycles. The molecule has 2 aromatic carbocycles. The first-order chi connectivity index (χ1) is 17.5. The zero-order valence-corrected chi connectivity index (χ0v) is 23.0. The maximum Gasteiger partial charge on any atom is 0.244 e. The minimum absolute atomic E-state index is 0.0527. The van der Waals surface area contributed by atoms with Crippen LogP contribution < -0.4 is 19.1 Å². The molecule has 0 unspecified atom stereocenters. The molecule has 1 aliphatic heterocycles. The highest BCUT2D eigenvalue weighted by atomic mass is 32.2. The number of hydrogen-bond acceptors (Lipinski definition) is 6. The molecular formula is C27H37N3O6S. The van der Waals surface area contributed by atoms with Gasteiger partial charge in [-0.25, -0.2) is 8.42 Å². The highest BCUT2D eigenvalue weighted by Gasteiger charge is 2.32. The quantitative estimate of drug-likeness (QED) is 0.477. The van der Waals surface area contributed by atoms with E-state index in [-0.39, 0.29) is 24.2 Å². The third-order valence-electron chi connectivity index (χ3n) is 6.35. The monoisotopic (exact) mass is 531 g/mol. The predicted molar refractivity (Wildman–Crippen MR) is 143 cm³/mol. The van der Waals surface area contributed by atoms with Crippen molar-refractivity contribution in [2.45, 2.75) is 59.2 Å². The van der Waals surface area contributed by atoms with Crippen molar-refractivity contribution in [1.29, 1.82) is 0 Å². The number of rotatable bonds is 11. The van der Waals surface area contributed by atoms with E-state index in [4.69, 9.17) is 9.47 Å². The molecule has 3 rings (SSSR count). The largest absolute Gasteiger partial charge is 0.486 e. The molecule has 2 amide bonds. The molecule has 0 spiro atoms. The SMILES string of the molecule is CC[C@H](C(=O)N[C@@H](C)CC)N(Cc1ccc(C)cc1)C(=O)CN(c1ccc2c(c1)OCCO2)S(C)(=O)=O. The van der Waals surface area contributed by atoms with Crippen molar-refractivity contribution in [1.82, 2.24) is 10.2 Å². The van der Waals surface area contributed by atoms with E-state index in [9.17, 15) is 18.0 Å². The molecule has 2 atom stereocenters. The van der Waals surface area contributed by atoms with Crippen LogP contribution in [-0.2, 0) is 26.2 Å². The predicted octanol–water partition coefficient (Wildman–Crippen LogP) is 3.25. The number of fused-ring (bicyclic) bond motifs is 1. The lowest BCUT2D eigenvalue weighted by Crippen LogP contribution is -2.53. The second kappa shape index (κ2) is 12.3. The second-order valence-corrected chi connectivity index (χ2v) is 11.3. The summed E-state index contributed by atoms with van der Waals surface area (Å²) in [6.07, 6.45) is 2.18. The van der Waals surface area contributed by atoms with Gasteiger partial charge in [-0.3, -0.25) is 13.9 Å². The number of hydrogen-bond donors (Lipinski definition) is 1. The van der Waals surface area contributed by atoms with Crippen LogP contribution in [0, 0.1) is 6.92 Å². The number of sulfonamides is 1. The van der Waals surface area contributed by atoms with Crippen LogP contribution in [0.5, 0.6) is 11.5 Å². The number of nitrogens with zero attached hydrogens (tertiary/aromatic N) is 2. The Morgan fingerprint density at radius 2 is 1.65 bits per heavy atom. The number of anilines is 1. The number of aryl methyl sites for hydroxylation is 1. The summed E-state index contributed by atoms with van der Waals surface area (Å²) < 4.78 is 37.8. The molecule has 9 nitrogen and oxygen atoms in total. The standard InChI is InChI=1S/C27H37N3O6S/c1-6-20(4)28-27(32)23(7-2)29(17-21-10-8-19(3)9-11-21)26(31)18-30(37(5,33)34)22-12-13-24-25(16-22)36-15-14-35-24/h8-13,16,20,23H,6-7,14-15,17-18H2,1-5H3,(H,28,32)/t20-,23+/m0/s1. The third-order valence-corrected chi connectivity index (χ3v) is 7.49. The fourth-order valence-electron chi connectivity index (χ4n) is 4.05. The molecule has 0 radical (unpaired) electrons. The zero-order chi connectivity index (χ0) is 27.2. The molecule has 0 saturated carbocycles. The lowest BCUT2D eigenvalue weighted by Gasteiger charge is -2.33. The lowest BCUT2D eigenvalue weighted by molar-refractivity contribution is -0.140. The van der Waals surface area contributed by atoms with Gasteiger partial charge in [-0.1, -0.05) is 43.7 Å². The van der Waals surface area contributed by atoms with E-state index in [0.717, 1.165) is 28.1 Å². The van der Waals surface area contributed by atoms with Crippen LogP contribution in [0.25, 0.3) is 0 Å². The van der Waals surface area contributed by atoms with Gasteiger partial charge in [0.1, 0.15) is 25.8 Å². The number of carbonyl (C=O) groups is 2. The highest BCUT2D eigenvalue weighted by Crippen LogP contribution is 2.34. The first-order valence-corrected chi connectivity index (χ1v) is 14.4. The average Bonchev–Trinajstić information content (AvgIpc) is 2.87. The Hall–Kier alpha value is -3.27. The smallest absolute Gasteiger partial charge is 0.244 e. The van der Waals surface area contributed by atoms with E-state index >= 15 is 0 Å². The summed E-state index contributed by atoms with van der Waals surface area (Å²) >= 11 is 0. The summed E-state index contributed by atoms with van der Waals surface area (Å²) in [5, 5.41) is 2.97. The Bertz CT molecular complexity index is 1200. The van der Waals surface area contributed by atoms with Crippen LogP contribution in [0.15, 0.2) is 42.5 Å². The fourth-order valence-corrected chi connectivity index (χ4v) is 4.89. The van der Waals surface area contributed by atoms with Crippen molar-refractivity contribution in [2.75, 3.05) is 30.3 Å². The molecule has 0 aromatic heterocycles. The molecule has 1 N–H and O–H groups in total. The van der Waals surface area contributed by atoms with Crippen LogP contribution in [0.2, 0.25) is 0 Å². The number of amides is 2. The van der Waals surface area contributed by atoms with Crippen LogP contribution in [0.1, 0.15) is 44.7 Å². The van der Waals surface area contributed by atoms with Gasteiger partial charge in [0.2, 0.25) is 21.8 Å². The van der Waals surface area contributed by atoms with E-state index in [1.807, 2.05) is 52.0 Å². The summed E-state index contributed by atoms with van der Waals surface area (Å²) in [5.74, 6) is 0.193. The molecule has 1 aliphatic rings. The van der Waals surface area contributed by atoms with Crippen molar-refractivity contribution >= 4 is 27.5 Å². The Morgan fingerprint density at radius 3 is 2.24 bits per heavy atom. The molecule has 0 bridgehead atoms. The van der Waals surface area contributed by atoms with Crippen molar-refractivity contribution in [3.63, 3.8) is 0 Å². The van der Waals surface area contributed by atoms with Crippen LogP contribution in [-0.4, -0.2) is 63.2 Å². The Balaban J connectivity index is 1.94. The topological polar surface area (TPSA) is 105 Å². The van der Waals surface area contributed by atoms with E-state index in [1.54, 1.807) is 18.2 Å². The maximum absolute atomic E-state index is 13.8. The average molecular weight is 532 g/mol. The summed E-state index contributed by atoms with van der Waals surface area (Å²) in [7, 11) is -3.84. The summed E-state index contributed by atoms with van der Waals surface area (Å²) in [6, 6.07) is 11.7. The number of benzene rings is 2. The maximum atomic E-state index is 13.8. The van der Waals surface area contributed by atoms with Crippen molar-refractivity contribution in [3.8, 4) is 11.5 Å². The highest BCUT2D eigenvalue weighted by molar-refractivity contribution is 7.92. The molecule has 1 heterocycles. The lowest BCUT2D eigenvalue weighted by atomic mass is 10.1. The van der Waals surface area contributed by atoms with Gasteiger partial charge in [-0.2, -0.15) is 0 Å². The van der Waals surface area contributed by atoms with Crippen LogP contribution in [0.3, 0.4) is 0 Å². The summed E-state index contributed by atoms with van der Waals surface area (Å²) in [4.78, 5) is 28.4. The number of carbonyl (C=O) groups excluding carboxylic acids is 2. The van der Waals surface area contributed by atoms with Crippen LogP contribution in [0.4, 0.5) is 5.69 Å². The summed E-state index contributed by atoms with van der Waals surface area (Å²) in [6.45, 7) is 8.15. The number of nitrogens with one attached hydrogen (secondary N) is 1. The first kappa shape index (κ1) is 28.3. The van der Waals surface area contributed by atoms with Crippen LogP contribution >= 0.6 is 0 Å². The Kier molecular flexibility index (Phi) is 9.42. The molecular weight excluding hydrogens is 494 g/mol. The molecule has 0 fully saturated rings. The zero-order valence-electron chi connectivity index (χ0n) is 22.2. The molecule has 10 heteroatoms. The first-order valence-electron chi connectivity index (χ1n) is 12.6. The summed E-state index contributed by atoms with van der Waals surface area (Å²) in [5.41, 5.74) is 2.21. The van der Waals surface area contributed by atoms with Gasteiger partial charge in [-0.15, -0.1) is 0 Å². The minimum atomic E-state index is -3.84. The minimum Gasteiger partial charge on any atom is -0.486 e.